The monoisotopic (exact) mass is 370 g/mol. The molecule has 1 atom stereocenters. The number of benzene rings is 1. The summed E-state index contributed by atoms with van der Waals surface area (Å²) in [7, 11) is 0. The lowest BCUT2D eigenvalue weighted by Gasteiger charge is -2.07. The maximum atomic E-state index is 13.2. The van der Waals surface area contributed by atoms with Crippen LogP contribution in [-0.4, -0.2) is 23.1 Å². The molecule has 2 heterocycles. The smallest absolute Gasteiger partial charge is 0.445 e. The molecule has 0 aliphatic carbocycles. The third-order valence-electron chi connectivity index (χ3n) is 3.50. The van der Waals surface area contributed by atoms with E-state index in [9.17, 15) is 13.6 Å². The first-order valence-electron chi connectivity index (χ1n) is 7.62. The molecule has 0 bridgehead atoms. The molecule has 3 rings (SSSR count). The Labute approximate surface area is 146 Å². The number of ether oxygens (including phenoxy) is 3. The fourth-order valence-electron chi connectivity index (χ4n) is 2.17. The second-order valence-electron chi connectivity index (χ2n) is 5.51. The van der Waals surface area contributed by atoms with Crippen molar-refractivity contribution in [2.75, 3.05) is 0 Å². The highest BCUT2D eigenvalue weighted by Gasteiger charge is 2.43. The number of thiazole rings is 1. The third-order valence-corrected chi connectivity index (χ3v) is 4.39. The number of carbonyl (C=O) groups excluding carboxylic acids is 1. The van der Waals surface area contributed by atoms with Crippen molar-refractivity contribution in [3.8, 4) is 17.2 Å². The molecule has 1 aliphatic heterocycles. The summed E-state index contributed by atoms with van der Waals surface area (Å²) in [6.07, 6.45) is -2.18. The van der Waals surface area contributed by atoms with Crippen LogP contribution in [0.15, 0.2) is 29.4 Å². The largest absolute Gasteiger partial charge is 0.586 e. The lowest BCUT2D eigenvalue weighted by atomic mass is 10.3. The van der Waals surface area contributed by atoms with Crippen molar-refractivity contribution in [3.63, 3.8) is 0 Å². The first kappa shape index (κ1) is 17.4. The summed E-state index contributed by atoms with van der Waals surface area (Å²) in [5.74, 6) is -0.122. The van der Waals surface area contributed by atoms with Crippen LogP contribution in [0.3, 0.4) is 0 Å². The third kappa shape index (κ3) is 3.81. The summed E-state index contributed by atoms with van der Waals surface area (Å²) < 4.78 is 41.9. The van der Waals surface area contributed by atoms with E-state index in [0.717, 1.165) is 4.88 Å². The Kier molecular flexibility index (Phi) is 4.51. The predicted molar refractivity (Wildman–Crippen MR) is 86.4 cm³/mol. The van der Waals surface area contributed by atoms with E-state index in [4.69, 9.17) is 4.74 Å². The van der Waals surface area contributed by atoms with Crippen molar-refractivity contribution in [1.82, 2.24) is 4.57 Å². The van der Waals surface area contributed by atoms with E-state index in [1.807, 2.05) is 13.8 Å². The van der Waals surface area contributed by atoms with Gasteiger partial charge >= 0.3 is 12.4 Å². The highest BCUT2D eigenvalue weighted by Crippen LogP contribution is 2.41. The van der Waals surface area contributed by atoms with Gasteiger partial charge < -0.3 is 14.2 Å². The van der Waals surface area contributed by atoms with Crippen molar-refractivity contribution in [1.29, 1.82) is 0 Å². The molecule has 0 spiro atoms. The lowest BCUT2D eigenvalue weighted by molar-refractivity contribution is -0.286. The molecule has 0 radical (unpaired) electrons. The van der Waals surface area contributed by atoms with E-state index in [2.05, 4.69) is 14.5 Å². The number of aryl methyl sites for hydroxylation is 1. The van der Waals surface area contributed by atoms with Crippen molar-refractivity contribution in [2.45, 2.75) is 39.6 Å². The molecule has 25 heavy (non-hydrogen) atoms. The Bertz CT molecular complexity index is 875. The Balaban J connectivity index is 1.96. The standard InChI is InChI=1S/C16H16F2N2O4S/c1-4-9(2)22-15(21)19-14-20(8-10(3)25-14)11-5-6-12-13(7-11)24-16(17,18)23-12/h5-9H,4H2,1-3H3. The molecule has 0 fully saturated rings. The molecule has 1 amide bonds. The van der Waals surface area contributed by atoms with Crippen molar-refractivity contribution < 1.29 is 27.8 Å². The van der Waals surface area contributed by atoms with Crippen LogP contribution in [0.2, 0.25) is 0 Å². The topological polar surface area (TPSA) is 62.0 Å². The lowest BCUT2D eigenvalue weighted by Crippen LogP contribution is -2.25. The minimum atomic E-state index is -3.68. The number of rotatable bonds is 3. The molecule has 6 nitrogen and oxygen atoms in total. The van der Waals surface area contributed by atoms with Gasteiger partial charge in [-0.3, -0.25) is 4.57 Å². The number of hydrogen-bond donors (Lipinski definition) is 0. The molecule has 134 valence electrons. The van der Waals surface area contributed by atoms with Gasteiger partial charge in [0.15, 0.2) is 11.5 Å². The van der Waals surface area contributed by atoms with Crippen LogP contribution in [0.4, 0.5) is 13.6 Å². The molecule has 2 aromatic rings. The van der Waals surface area contributed by atoms with Gasteiger partial charge in [0.05, 0.1) is 5.69 Å². The summed E-state index contributed by atoms with van der Waals surface area (Å²) in [6.45, 7) is 5.52. The van der Waals surface area contributed by atoms with Crippen LogP contribution < -0.4 is 14.3 Å². The van der Waals surface area contributed by atoms with Gasteiger partial charge in [-0.2, -0.15) is 0 Å². The number of carbonyl (C=O) groups is 1. The van der Waals surface area contributed by atoms with Crippen molar-refractivity contribution in [2.24, 2.45) is 4.99 Å². The summed E-state index contributed by atoms with van der Waals surface area (Å²) in [6, 6.07) is 4.36. The normalized spacial score (nSPS) is 16.8. The summed E-state index contributed by atoms with van der Waals surface area (Å²) in [5, 5.41) is 0. The molecule has 0 saturated carbocycles. The van der Waals surface area contributed by atoms with Crippen LogP contribution >= 0.6 is 11.3 Å². The predicted octanol–water partition coefficient (Wildman–Crippen LogP) is 4.00. The number of fused-ring (bicyclic) bond motifs is 1. The average Bonchev–Trinajstić information content (AvgIpc) is 3.03. The zero-order valence-electron chi connectivity index (χ0n) is 13.8. The highest BCUT2D eigenvalue weighted by atomic mass is 32.1. The zero-order chi connectivity index (χ0) is 18.2. The molecule has 1 aromatic heterocycles. The van der Waals surface area contributed by atoms with Gasteiger partial charge in [0.1, 0.15) is 6.10 Å². The molecular weight excluding hydrogens is 354 g/mol. The van der Waals surface area contributed by atoms with Gasteiger partial charge in [-0.15, -0.1) is 25.1 Å². The van der Waals surface area contributed by atoms with Gasteiger partial charge in [-0.05, 0) is 32.4 Å². The number of hydrogen-bond acceptors (Lipinski definition) is 5. The number of aromatic nitrogens is 1. The second-order valence-corrected chi connectivity index (χ2v) is 6.72. The number of amides is 1. The fourth-order valence-corrected chi connectivity index (χ4v) is 2.99. The van der Waals surface area contributed by atoms with E-state index in [1.54, 1.807) is 23.8 Å². The molecule has 0 N–H and O–H groups in total. The Morgan fingerprint density at radius 2 is 2.12 bits per heavy atom. The van der Waals surface area contributed by atoms with Crippen LogP contribution in [-0.2, 0) is 4.74 Å². The van der Waals surface area contributed by atoms with E-state index >= 15 is 0 Å². The van der Waals surface area contributed by atoms with E-state index < -0.39 is 12.4 Å². The number of nitrogens with zero attached hydrogens (tertiary/aromatic N) is 2. The first-order chi connectivity index (χ1) is 11.8. The first-order valence-corrected chi connectivity index (χ1v) is 8.44. The summed E-state index contributed by atoms with van der Waals surface area (Å²) in [4.78, 5) is 17.1. The van der Waals surface area contributed by atoms with Crippen LogP contribution in [0.5, 0.6) is 11.5 Å². The molecule has 1 aromatic carbocycles. The van der Waals surface area contributed by atoms with Crippen LogP contribution in [0.1, 0.15) is 25.1 Å². The fraction of sp³-hybridized carbons (Fsp3) is 0.375. The zero-order valence-corrected chi connectivity index (χ0v) is 14.6. The Morgan fingerprint density at radius 3 is 2.84 bits per heavy atom. The molecular formula is C16H16F2N2O4S. The van der Waals surface area contributed by atoms with Gasteiger partial charge in [0, 0.05) is 17.1 Å². The van der Waals surface area contributed by atoms with Gasteiger partial charge in [-0.1, -0.05) is 6.92 Å². The Hall–Kier alpha value is -2.42. The maximum absolute atomic E-state index is 13.2. The highest BCUT2D eigenvalue weighted by molar-refractivity contribution is 7.09. The second kappa shape index (κ2) is 6.47. The minimum absolute atomic E-state index is 0.0454. The SMILES string of the molecule is CCC(C)OC(=O)N=c1sc(C)cn1-c1ccc2c(c1)OC(F)(F)O2. The number of halogens is 2. The van der Waals surface area contributed by atoms with E-state index in [1.165, 1.54) is 23.5 Å². The molecule has 1 unspecified atom stereocenters. The quantitative estimate of drug-likeness (QED) is 0.819. The van der Waals surface area contributed by atoms with Gasteiger partial charge in [0.25, 0.3) is 0 Å². The van der Waals surface area contributed by atoms with Crippen molar-refractivity contribution in [3.05, 3.63) is 34.1 Å². The Morgan fingerprint density at radius 1 is 1.40 bits per heavy atom. The minimum Gasteiger partial charge on any atom is -0.445 e. The van der Waals surface area contributed by atoms with Gasteiger partial charge in [-0.25, -0.2) is 4.79 Å². The molecule has 1 aliphatic rings. The van der Waals surface area contributed by atoms with E-state index in [0.29, 0.717) is 16.9 Å². The average molecular weight is 370 g/mol. The molecule has 0 saturated heterocycles. The van der Waals surface area contributed by atoms with Crippen LogP contribution in [0.25, 0.3) is 5.69 Å². The summed E-state index contributed by atoms with van der Waals surface area (Å²) in [5.41, 5.74) is 0.513. The van der Waals surface area contributed by atoms with Gasteiger partial charge in [0.2, 0.25) is 4.80 Å². The van der Waals surface area contributed by atoms with Crippen LogP contribution in [0, 0.1) is 6.92 Å². The summed E-state index contributed by atoms with van der Waals surface area (Å²) >= 11 is 1.28. The maximum Gasteiger partial charge on any atom is 0.586 e. The molecule has 9 heteroatoms. The number of alkyl halides is 2. The van der Waals surface area contributed by atoms with E-state index in [-0.39, 0.29) is 17.6 Å². The van der Waals surface area contributed by atoms with Crippen molar-refractivity contribution >= 4 is 17.4 Å².